The lowest BCUT2D eigenvalue weighted by Crippen LogP contribution is -2.30. The van der Waals surface area contributed by atoms with E-state index in [1.807, 2.05) is 13.8 Å². The molecule has 25 heavy (non-hydrogen) atoms. The second-order valence-electron chi connectivity index (χ2n) is 5.83. The van der Waals surface area contributed by atoms with Gasteiger partial charge in [0, 0.05) is 17.7 Å². The van der Waals surface area contributed by atoms with E-state index < -0.39 is 29.6 Å². The van der Waals surface area contributed by atoms with Gasteiger partial charge >= 0.3 is 5.97 Å². The Morgan fingerprint density at radius 3 is 2.48 bits per heavy atom. The number of halogens is 2. The fraction of sp³-hybridized carbons (Fsp3) is 0.353. The predicted octanol–water partition coefficient (Wildman–Crippen LogP) is 3.57. The van der Waals surface area contributed by atoms with Crippen molar-refractivity contribution in [3.8, 4) is 0 Å². The summed E-state index contributed by atoms with van der Waals surface area (Å²) in [4.78, 5) is 24.4. The Morgan fingerprint density at radius 2 is 1.88 bits per heavy atom. The van der Waals surface area contributed by atoms with E-state index in [9.17, 15) is 18.4 Å². The second-order valence-corrected chi connectivity index (χ2v) is 5.83. The first-order chi connectivity index (χ1) is 11.7. The van der Waals surface area contributed by atoms with Crippen LogP contribution in [0.4, 0.5) is 14.5 Å². The van der Waals surface area contributed by atoms with Crippen molar-refractivity contribution in [2.75, 3.05) is 5.32 Å². The van der Waals surface area contributed by atoms with E-state index in [4.69, 9.17) is 9.26 Å². The summed E-state index contributed by atoms with van der Waals surface area (Å²) in [5.41, 5.74) is 0.597. The minimum atomic E-state index is -1.16. The highest BCUT2D eigenvalue weighted by Gasteiger charge is 2.27. The van der Waals surface area contributed by atoms with Crippen LogP contribution in [-0.2, 0) is 9.53 Å². The van der Waals surface area contributed by atoms with Crippen molar-refractivity contribution < 1.29 is 27.6 Å². The fourth-order valence-corrected chi connectivity index (χ4v) is 2.12. The lowest BCUT2D eigenvalue weighted by molar-refractivity contribution is -0.123. The number of benzene rings is 1. The molecule has 0 spiro atoms. The smallest absolute Gasteiger partial charge is 0.344 e. The maximum atomic E-state index is 13.2. The molecule has 1 amide bonds. The predicted molar refractivity (Wildman–Crippen MR) is 85.2 cm³/mol. The fourth-order valence-electron chi connectivity index (χ4n) is 2.12. The molecule has 2 rings (SSSR count). The van der Waals surface area contributed by atoms with Crippen LogP contribution in [0.15, 0.2) is 22.7 Å². The largest absolute Gasteiger partial charge is 0.449 e. The van der Waals surface area contributed by atoms with Crippen molar-refractivity contribution in [3.63, 3.8) is 0 Å². The van der Waals surface area contributed by atoms with Crippen LogP contribution >= 0.6 is 0 Å². The topological polar surface area (TPSA) is 81.4 Å². The van der Waals surface area contributed by atoms with Crippen molar-refractivity contribution in [2.24, 2.45) is 0 Å². The van der Waals surface area contributed by atoms with Crippen LogP contribution in [0.3, 0.4) is 0 Å². The van der Waals surface area contributed by atoms with Gasteiger partial charge in [-0.05, 0) is 26.0 Å². The van der Waals surface area contributed by atoms with Crippen molar-refractivity contribution in [3.05, 3.63) is 46.9 Å². The molecule has 0 aliphatic heterocycles. The van der Waals surface area contributed by atoms with Gasteiger partial charge in [-0.15, -0.1) is 0 Å². The molecular formula is C17H18F2N2O4. The summed E-state index contributed by atoms with van der Waals surface area (Å²) in [6.07, 6.45) is -1.16. The molecule has 0 aliphatic rings. The van der Waals surface area contributed by atoms with Gasteiger partial charge in [0.15, 0.2) is 23.5 Å². The third-order valence-electron chi connectivity index (χ3n) is 3.46. The average Bonchev–Trinajstić information content (AvgIpc) is 2.92. The third kappa shape index (κ3) is 4.20. The molecule has 0 saturated carbocycles. The number of hydrogen-bond acceptors (Lipinski definition) is 5. The standard InChI is InChI=1S/C17H18F2N2O4/c1-8(2)15-14(9(3)21-25-15)17(23)24-10(4)16(22)20-11-5-6-12(18)13(19)7-11/h5-8,10H,1-4H3,(H,20,22)/t10-/m0/s1. The number of aromatic nitrogens is 1. The maximum Gasteiger partial charge on any atom is 0.344 e. The van der Waals surface area contributed by atoms with Gasteiger partial charge in [-0.2, -0.15) is 0 Å². The molecule has 0 bridgehead atoms. The highest BCUT2D eigenvalue weighted by molar-refractivity contribution is 5.98. The summed E-state index contributed by atoms with van der Waals surface area (Å²) >= 11 is 0. The molecule has 134 valence electrons. The lowest BCUT2D eigenvalue weighted by Gasteiger charge is -2.14. The first-order valence-corrected chi connectivity index (χ1v) is 7.63. The molecule has 0 unspecified atom stereocenters. The van der Waals surface area contributed by atoms with E-state index in [0.717, 1.165) is 12.1 Å². The SMILES string of the molecule is Cc1noc(C(C)C)c1C(=O)O[C@@H](C)C(=O)Nc1ccc(F)c(F)c1. The van der Waals surface area contributed by atoms with Crippen LogP contribution in [0.5, 0.6) is 0 Å². The third-order valence-corrected chi connectivity index (χ3v) is 3.46. The highest BCUT2D eigenvalue weighted by Crippen LogP contribution is 2.23. The number of esters is 1. The van der Waals surface area contributed by atoms with Crippen molar-refractivity contribution in [1.82, 2.24) is 5.16 Å². The van der Waals surface area contributed by atoms with Crippen LogP contribution in [0.1, 0.15) is 48.5 Å². The van der Waals surface area contributed by atoms with Gasteiger partial charge in [-0.3, -0.25) is 4.79 Å². The van der Waals surface area contributed by atoms with E-state index in [2.05, 4.69) is 10.5 Å². The first kappa shape index (κ1) is 18.6. The van der Waals surface area contributed by atoms with E-state index in [1.54, 1.807) is 6.92 Å². The number of nitrogens with one attached hydrogen (secondary N) is 1. The second kappa shape index (κ2) is 7.42. The highest BCUT2D eigenvalue weighted by atomic mass is 19.2. The number of amides is 1. The van der Waals surface area contributed by atoms with Crippen molar-refractivity contribution in [2.45, 2.75) is 39.7 Å². The molecule has 0 radical (unpaired) electrons. The summed E-state index contributed by atoms with van der Waals surface area (Å²) in [5.74, 6) is -3.26. The van der Waals surface area contributed by atoms with E-state index in [-0.39, 0.29) is 17.2 Å². The Hall–Kier alpha value is -2.77. The minimum absolute atomic E-state index is 0.0517. The van der Waals surface area contributed by atoms with Crippen LogP contribution < -0.4 is 5.32 Å². The van der Waals surface area contributed by atoms with Gasteiger partial charge in [0.05, 0.1) is 5.69 Å². The monoisotopic (exact) mass is 352 g/mol. The summed E-state index contributed by atoms with van der Waals surface area (Å²) in [6, 6.07) is 2.92. The van der Waals surface area contributed by atoms with E-state index in [1.165, 1.54) is 13.0 Å². The van der Waals surface area contributed by atoms with Gasteiger partial charge in [-0.25, -0.2) is 13.6 Å². The molecule has 1 aromatic carbocycles. The summed E-state index contributed by atoms with van der Waals surface area (Å²) in [5, 5.41) is 6.09. The zero-order valence-corrected chi connectivity index (χ0v) is 14.2. The zero-order chi connectivity index (χ0) is 18.7. The Morgan fingerprint density at radius 1 is 1.20 bits per heavy atom. The van der Waals surface area contributed by atoms with Gasteiger partial charge in [0.2, 0.25) is 0 Å². The number of nitrogens with zero attached hydrogens (tertiary/aromatic N) is 1. The van der Waals surface area contributed by atoms with E-state index >= 15 is 0 Å². The number of carbonyl (C=O) groups excluding carboxylic acids is 2. The molecule has 1 heterocycles. The van der Waals surface area contributed by atoms with Crippen LogP contribution in [0, 0.1) is 18.6 Å². The quantitative estimate of drug-likeness (QED) is 0.832. The Kier molecular flexibility index (Phi) is 5.51. The Labute approximate surface area is 143 Å². The number of ether oxygens (including phenoxy) is 1. The molecule has 8 heteroatoms. The molecule has 0 saturated heterocycles. The van der Waals surface area contributed by atoms with Gasteiger partial charge < -0.3 is 14.6 Å². The normalized spacial score (nSPS) is 12.1. The molecule has 1 atom stereocenters. The van der Waals surface area contributed by atoms with Gasteiger partial charge in [0.25, 0.3) is 5.91 Å². The number of rotatable bonds is 5. The maximum absolute atomic E-state index is 13.2. The number of carbonyl (C=O) groups is 2. The zero-order valence-electron chi connectivity index (χ0n) is 14.2. The molecule has 0 aliphatic carbocycles. The molecule has 2 aromatic rings. The van der Waals surface area contributed by atoms with Crippen molar-refractivity contribution in [1.29, 1.82) is 0 Å². The Balaban J connectivity index is 2.07. The lowest BCUT2D eigenvalue weighted by atomic mass is 10.1. The minimum Gasteiger partial charge on any atom is -0.449 e. The molecule has 1 aromatic heterocycles. The van der Waals surface area contributed by atoms with Crippen molar-refractivity contribution >= 4 is 17.6 Å². The number of anilines is 1. The Bertz CT molecular complexity index is 802. The summed E-state index contributed by atoms with van der Waals surface area (Å²) in [6.45, 7) is 6.62. The number of hydrogen-bond donors (Lipinski definition) is 1. The molecule has 0 fully saturated rings. The molecular weight excluding hydrogens is 334 g/mol. The molecule has 1 N–H and O–H groups in total. The average molecular weight is 352 g/mol. The van der Waals surface area contributed by atoms with Crippen LogP contribution in [0.25, 0.3) is 0 Å². The van der Waals surface area contributed by atoms with Crippen LogP contribution in [-0.4, -0.2) is 23.1 Å². The van der Waals surface area contributed by atoms with Gasteiger partial charge in [-0.1, -0.05) is 19.0 Å². The first-order valence-electron chi connectivity index (χ1n) is 7.63. The number of aryl methyl sites for hydroxylation is 1. The molecule has 6 nitrogen and oxygen atoms in total. The van der Waals surface area contributed by atoms with Gasteiger partial charge in [0.1, 0.15) is 5.56 Å². The van der Waals surface area contributed by atoms with Crippen LogP contribution in [0.2, 0.25) is 0 Å². The summed E-state index contributed by atoms with van der Waals surface area (Å²) < 4.78 is 36.3. The van der Waals surface area contributed by atoms with E-state index in [0.29, 0.717) is 11.5 Å². The summed E-state index contributed by atoms with van der Waals surface area (Å²) in [7, 11) is 0.